The fraction of sp³-hybridized carbons (Fsp3) is 0.619. The first-order valence-electron chi connectivity index (χ1n) is 9.82. The van der Waals surface area contributed by atoms with E-state index in [-0.39, 0.29) is 24.0 Å². The Morgan fingerprint density at radius 1 is 1.23 bits per heavy atom. The van der Waals surface area contributed by atoms with E-state index >= 15 is 0 Å². The molecule has 142 valence electrons. The van der Waals surface area contributed by atoms with Crippen LogP contribution in [0.25, 0.3) is 0 Å². The highest BCUT2D eigenvalue weighted by molar-refractivity contribution is 5.88. The summed E-state index contributed by atoms with van der Waals surface area (Å²) >= 11 is 0. The number of carboxylic acid groups (broad SMARTS) is 1. The van der Waals surface area contributed by atoms with Gasteiger partial charge >= 0.3 is 5.97 Å². The van der Waals surface area contributed by atoms with Crippen molar-refractivity contribution in [2.24, 2.45) is 5.92 Å². The number of rotatable bonds is 7. The molecular formula is C21H30N2O3. The number of carbonyl (C=O) groups excluding carboxylic acids is 1. The van der Waals surface area contributed by atoms with E-state index in [2.05, 4.69) is 24.4 Å². The van der Waals surface area contributed by atoms with Gasteiger partial charge in [-0.3, -0.25) is 4.79 Å². The summed E-state index contributed by atoms with van der Waals surface area (Å²) in [4.78, 5) is 26.3. The highest BCUT2D eigenvalue weighted by atomic mass is 16.4. The maximum Gasteiger partial charge on any atom is 0.326 e. The van der Waals surface area contributed by atoms with E-state index in [1.54, 1.807) is 4.90 Å². The number of nitrogens with one attached hydrogen (secondary N) is 1. The molecule has 1 saturated carbocycles. The zero-order chi connectivity index (χ0) is 18.7. The third-order valence-electron chi connectivity index (χ3n) is 5.99. The predicted octanol–water partition coefficient (Wildman–Crippen LogP) is 2.84. The van der Waals surface area contributed by atoms with Crippen LogP contribution >= 0.6 is 0 Å². The molecule has 1 aliphatic heterocycles. The maximum atomic E-state index is 13.0. The average molecular weight is 358 g/mol. The van der Waals surface area contributed by atoms with Gasteiger partial charge in [-0.1, -0.05) is 36.8 Å². The van der Waals surface area contributed by atoms with E-state index in [4.69, 9.17) is 0 Å². The van der Waals surface area contributed by atoms with Crippen molar-refractivity contribution in [3.8, 4) is 0 Å². The Balaban J connectivity index is 1.56. The molecule has 2 aliphatic rings. The van der Waals surface area contributed by atoms with Crippen molar-refractivity contribution >= 4 is 11.9 Å². The van der Waals surface area contributed by atoms with Gasteiger partial charge in [0.1, 0.15) is 6.04 Å². The summed E-state index contributed by atoms with van der Waals surface area (Å²) in [5.74, 6) is -0.557. The van der Waals surface area contributed by atoms with Crippen molar-refractivity contribution in [2.45, 2.75) is 76.5 Å². The van der Waals surface area contributed by atoms with Gasteiger partial charge in [0.15, 0.2) is 0 Å². The van der Waals surface area contributed by atoms with Crippen LogP contribution in [0.15, 0.2) is 30.3 Å². The smallest absolute Gasteiger partial charge is 0.326 e. The minimum absolute atomic E-state index is 0.0571. The molecule has 2 unspecified atom stereocenters. The molecule has 1 aliphatic carbocycles. The molecule has 5 nitrogen and oxygen atoms in total. The van der Waals surface area contributed by atoms with Crippen molar-refractivity contribution in [1.82, 2.24) is 10.2 Å². The third kappa shape index (κ3) is 4.09. The lowest BCUT2D eigenvalue weighted by Gasteiger charge is -2.31. The molecule has 2 fully saturated rings. The Kier molecular flexibility index (Phi) is 5.97. The second-order valence-corrected chi connectivity index (χ2v) is 7.91. The molecule has 26 heavy (non-hydrogen) atoms. The molecule has 0 aromatic heterocycles. The van der Waals surface area contributed by atoms with Crippen molar-refractivity contribution in [3.05, 3.63) is 35.9 Å². The van der Waals surface area contributed by atoms with Crippen LogP contribution in [-0.2, 0) is 16.0 Å². The van der Waals surface area contributed by atoms with Crippen molar-refractivity contribution < 1.29 is 14.7 Å². The van der Waals surface area contributed by atoms with E-state index in [0.29, 0.717) is 12.3 Å². The highest BCUT2D eigenvalue weighted by Crippen LogP contribution is 2.41. The largest absolute Gasteiger partial charge is 0.480 e. The monoisotopic (exact) mass is 358 g/mol. The summed E-state index contributed by atoms with van der Waals surface area (Å²) in [6, 6.07) is 9.62. The van der Waals surface area contributed by atoms with Crippen LogP contribution in [-0.4, -0.2) is 46.1 Å². The van der Waals surface area contributed by atoms with Crippen LogP contribution in [0.4, 0.5) is 0 Å². The molecule has 1 aromatic rings. The predicted molar refractivity (Wildman–Crippen MR) is 101 cm³/mol. The molecule has 0 radical (unpaired) electrons. The number of fused-ring (bicyclic) bond motifs is 1. The lowest BCUT2D eigenvalue weighted by molar-refractivity contribution is -0.150. The van der Waals surface area contributed by atoms with Gasteiger partial charge in [0.2, 0.25) is 5.91 Å². The van der Waals surface area contributed by atoms with Gasteiger partial charge in [0.25, 0.3) is 0 Å². The Hall–Kier alpha value is -1.88. The van der Waals surface area contributed by atoms with Crippen LogP contribution in [0.1, 0.15) is 51.5 Å². The Morgan fingerprint density at radius 2 is 1.96 bits per heavy atom. The number of likely N-dealkylation sites (tertiary alicyclic amines) is 1. The molecule has 0 spiro atoms. The van der Waals surface area contributed by atoms with E-state index in [9.17, 15) is 14.7 Å². The van der Waals surface area contributed by atoms with Gasteiger partial charge in [-0.25, -0.2) is 4.79 Å². The molecule has 1 heterocycles. The Labute approximate surface area is 155 Å². The van der Waals surface area contributed by atoms with E-state index in [1.165, 1.54) is 5.56 Å². The molecule has 0 bridgehead atoms. The zero-order valence-corrected chi connectivity index (χ0v) is 15.7. The summed E-state index contributed by atoms with van der Waals surface area (Å²) < 4.78 is 0. The normalized spacial score (nSPS) is 27.2. The number of hydrogen-bond donors (Lipinski definition) is 2. The first kappa shape index (κ1) is 18.9. The van der Waals surface area contributed by atoms with Gasteiger partial charge in [-0.05, 0) is 57.4 Å². The maximum absolute atomic E-state index is 13.0. The summed E-state index contributed by atoms with van der Waals surface area (Å²) in [5.41, 5.74) is 1.29. The van der Waals surface area contributed by atoms with Crippen LogP contribution < -0.4 is 5.32 Å². The number of amides is 1. The number of nitrogens with zero attached hydrogens (tertiary/aromatic N) is 1. The van der Waals surface area contributed by atoms with Crippen molar-refractivity contribution in [2.75, 3.05) is 0 Å². The Morgan fingerprint density at radius 3 is 2.65 bits per heavy atom. The van der Waals surface area contributed by atoms with Crippen molar-refractivity contribution in [1.29, 1.82) is 0 Å². The zero-order valence-electron chi connectivity index (χ0n) is 15.7. The van der Waals surface area contributed by atoms with Crippen molar-refractivity contribution in [3.63, 3.8) is 0 Å². The Bertz CT molecular complexity index is 633. The van der Waals surface area contributed by atoms with Gasteiger partial charge in [0, 0.05) is 12.1 Å². The SMILES string of the molecule is C[C@@H](CCc1ccccc1)N[C@H](C)C(=O)N1C2CCCC2C[C@H]1C(=O)O. The summed E-state index contributed by atoms with van der Waals surface area (Å²) in [6.07, 6.45) is 5.60. The van der Waals surface area contributed by atoms with E-state index < -0.39 is 12.0 Å². The lowest BCUT2D eigenvalue weighted by Crippen LogP contribution is -2.53. The van der Waals surface area contributed by atoms with E-state index in [1.807, 2.05) is 25.1 Å². The second kappa shape index (κ2) is 8.21. The van der Waals surface area contributed by atoms with E-state index in [0.717, 1.165) is 32.1 Å². The van der Waals surface area contributed by atoms with Crippen LogP contribution in [0, 0.1) is 5.92 Å². The standard InChI is InChI=1S/C21H30N2O3/c1-14(11-12-16-7-4-3-5-8-16)22-15(2)20(24)23-18-10-6-9-17(18)13-19(23)21(25)26/h3-5,7-8,14-15,17-19,22H,6,9-13H2,1-2H3,(H,25,26)/t14-,15+,17?,18?,19-/m0/s1. The fourth-order valence-electron chi connectivity index (χ4n) is 4.66. The van der Waals surface area contributed by atoms with Gasteiger partial charge in [-0.2, -0.15) is 0 Å². The van der Waals surface area contributed by atoms with Crippen LogP contribution in [0.5, 0.6) is 0 Å². The fourth-order valence-corrected chi connectivity index (χ4v) is 4.66. The quantitative estimate of drug-likeness (QED) is 0.786. The molecule has 5 heteroatoms. The number of aryl methyl sites for hydroxylation is 1. The first-order valence-corrected chi connectivity index (χ1v) is 9.82. The molecule has 5 atom stereocenters. The van der Waals surface area contributed by atoms with Gasteiger partial charge in [0.05, 0.1) is 6.04 Å². The summed E-state index contributed by atoms with van der Waals surface area (Å²) in [7, 11) is 0. The lowest BCUT2D eigenvalue weighted by atomic mass is 10.0. The number of carboxylic acids is 1. The van der Waals surface area contributed by atoms with Gasteiger partial charge in [-0.15, -0.1) is 0 Å². The number of aliphatic carboxylic acids is 1. The molecule has 1 amide bonds. The summed E-state index contributed by atoms with van der Waals surface area (Å²) in [6.45, 7) is 3.95. The molecular weight excluding hydrogens is 328 g/mol. The number of carbonyl (C=O) groups is 2. The third-order valence-corrected chi connectivity index (χ3v) is 5.99. The van der Waals surface area contributed by atoms with Crippen LogP contribution in [0.2, 0.25) is 0 Å². The molecule has 2 N–H and O–H groups in total. The van der Waals surface area contributed by atoms with Gasteiger partial charge < -0.3 is 15.3 Å². The summed E-state index contributed by atoms with van der Waals surface area (Å²) in [5, 5.41) is 12.9. The highest BCUT2D eigenvalue weighted by Gasteiger charge is 2.49. The first-order chi connectivity index (χ1) is 12.5. The number of hydrogen-bond acceptors (Lipinski definition) is 3. The number of benzene rings is 1. The average Bonchev–Trinajstić information content (AvgIpc) is 3.21. The minimum Gasteiger partial charge on any atom is -0.480 e. The molecule has 3 rings (SSSR count). The topological polar surface area (TPSA) is 69.6 Å². The second-order valence-electron chi connectivity index (χ2n) is 7.91. The molecule has 1 saturated heterocycles. The minimum atomic E-state index is -0.864. The van der Waals surface area contributed by atoms with Crippen LogP contribution in [0.3, 0.4) is 0 Å². The molecule has 1 aromatic carbocycles.